The van der Waals surface area contributed by atoms with Crippen LogP contribution in [0.2, 0.25) is 5.02 Å². The lowest BCUT2D eigenvalue weighted by molar-refractivity contribution is -0.115. The van der Waals surface area contributed by atoms with E-state index in [1.807, 2.05) is 30.3 Å². The molecule has 1 unspecified atom stereocenters. The van der Waals surface area contributed by atoms with E-state index in [1.54, 1.807) is 18.2 Å². The molecule has 28 heavy (non-hydrogen) atoms. The van der Waals surface area contributed by atoms with Crippen molar-refractivity contribution in [2.75, 3.05) is 10.6 Å². The van der Waals surface area contributed by atoms with Gasteiger partial charge in [-0.3, -0.25) is 14.6 Å². The molecule has 1 atom stereocenters. The minimum Gasteiger partial charge on any atom is -0.506 e. The first kappa shape index (κ1) is 19.9. The highest BCUT2D eigenvalue weighted by Crippen LogP contribution is 2.35. The molecule has 1 heterocycles. The first-order chi connectivity index (χ1) is 13.5. The first-order valence-electron chi connectivity index (χ1n) is 8.20. The maximum absolute atomic E-state index is 12.4. The van der Waals surface area contributed by atoms with E-state index < -0.39 is 10.7 Å². The summed E-state index contributed by atoms with van der Waals surface area (Å²) in [5, 5.41) is 15.6. The van der Waals surface area contributed by atoms with Gasteiger partial charge in [0, 0.05) is 12.3 Å². The molecule has 142 valence electrons. The number of aromatic nitrogens is 1. The quantitative estimate of drug-likeness (QED) is 0.378. The van der Waals surface area contributed by atoms with Gasteiger partial charge in [-0.15, -0.1) is 0 Å². The molecule has 6 nitrogen and oxygen atoms in total. The van der Waals surface area contributed by atoms with E-state index in [-0.39, 0.29) is 33.7 Å². The maximum Gasteiger partial charge on any atom is 0.274 e. The Kier molecular flexibility index (Phi) is 6.28. The van der Waals surface area contributed by atoms with Crippen LogP contribution in [-0.2, 0) is 4.79 Å². The summed E-state index contributed by atoms with van der Waals surface area (Å²) >= 11 is 9.56. The Labute approximate surface area is 174 Å². The smallest absolute Gasteiger partial charge is 0.274 e. The van der Waals surface area contributed by atoms with Gasteiger partial charge in [0.2, 0.25) is 5.91 Å². The summed E-state index contributed by atoms with van der Waals surface area (Å²) in [4.78, 5) is 28.0. The Hall–Kier alpha value is -2.90. The Morgan fingerprint density at radius 1 is 1.00 bits per heavy atom. The van der Waals surface area contributed by atoms with E-state index in [0.29, 0.717) is 0 Å². The normalized spacial score (nSPS) is 11.5. The molecule has 2 aromatic carbocycles. The summed E-state index contributed by atoms with van der Waals surface area (Å²) in [5.74, 6) is -1.08. The van der Waals surface area contributed by atoms with Gasteiger partial charge in [0.15, 0.2) is 0 Å². The number of alkyl halides is 1. The van der Waals surface area contributed by atoms with Gasteiger partial charge >= 0.3 is 0 Å². The van der Waals surface area contributed by atoms with Gasteiger partial charge in [0.1, 0.15) is 16.3 Å². The lowest BCUT2D eigenvalue weighted by Crippen LogP contribution is -2.17. The zero-order valence-corrected chi connectivity index (χ0v) is 16.7. The van der Waals surface area contributed by atoms with Crippen LogP contribution in [-0.4, -0.2) is 21.9 Å². The molecule has 3 aromatic rings. The van der Waals surface area contributed by atoms with Gasteiger partial charge in [0.25, 0.3) is 5.91 Å². The summed E-state index contributed by atoms with van der Waals surface area (Å²) in [6.45, 7) is 0. The van der Waals surface area contributed by atoms with E-state index in [1.165, 1.54) is 18.3 Å². The summed E-state index contributed by atoms with van der Waals surface area (Å²) in [6, 6.07) is 16.7. The largest absolute Gasteiger partial charge is 0.506 e. The minimum atomic E-state index is -0.588. The monoisotopic (exact) mass is 459 g/mol. The Balaban J connectivity index is 1.75. The summed E-state index contributed by atoms with van der Waals surface area (Å²) in [5.41, 5.74) is 1.30. The number of carbonyl (C=O) groups is 2. The third-order valence-corrected chi connectivity index (χ3v) is 5.07. The fourth-order valence-corrected chi connectivity index (χ4v) is 3.04. The number of benzene rings is 2. The van der Waals surface area contributed by atoms with E-state index in [2.05, 4.69) is 31.5 Å². The summed E-state index contributed by atoms with van der Waals surface area (Å²) in [6.07, 6.45) is 1.49. The van der Waals surface area contributed by atoms with E-state index in [4.69, 9.17) is 11.6 Å². The van der Waals surface area contributed by atoms with Crippen LogP contribution in [0, 0.1) is 0 Å². The predicted molar refractivity (Wildman–Crippen MR) is 112 cm³/mol. The molecule has 3 N–H and O–H groups in total. The first-order valence-corrected chi connectivity index (χ1v) is 9.50. The van der Waals surface area contributed by atoms with E-state index in [9.17, 15) is 14.7 Å². The van der Waals surface area contributed by atoms with Gasteiger partial charge in [0.05, 0.1) is 16.4 Å². The number of anilines is 2. The molecule has 0 aliphatic heterocycles. The van der Waals surface area contributed by atoms with Crippen LogP contribution in [0.15, 0.2) is 66.9 Å². The maximum atomic E-state index is 12.4. The predicted octanol–water partition coefficient (Wildman–Crippen LogP) is 4.77. The number of halogens is 2. The van der Waals surface area contributed by atoms with Crippen molar-refractivity contribution >= 4 is 50.7 Å². The highest BCUT2D eigenvalue weighted by atomic mass is 79.9. The average molecular weight is 461 g/mol. The van der Waals surface area contributed by atoms with Crippen molar-refractivity contribution in [2.45, 2.75) is 4.83 Å². The molecule has 0 spiro atoms. The summed E-state index contributed by atoms with van der Waals surface area (Å²) in [7, 11) is 0. The average Bonchev–Trinajstić information content (AvgIpc) is 2.72. The van der Waals surface area contributed by atoms with Gasteiger partial charge in [-0.05, 0) is 23.8 Å². The number of nitrogens with one attached hydrogen (secondary N) is 2. The zero-order valence-electron chi connectivity index (χ0n) is 14.4. The highest BCUT2D eigenvalue weighted by Gasteiger charge is 2.19. The lowest BCUT2D eigenvalue weighted by Gasteiger charge is -2.14. The second-order valence-corrected chi connectivity index (χ2v) is 7.10. The van der Waals surface area contributed by atoms with E-state index >= 15 is 0 Å². The van der Waals surface area contributed by atoms with Gasteiger partial charge < -0.3 is 15.7 Å². The van der Waals surface area contributed by atoms with Crippen molar-refractivity contribution < 1.29 is 14.7 Å². The molecular formula is C20H15BrClN3O3. The second-order valence-electron chi connectivity index (χ2n) is 5.78. The number of phenols is 1. The molecule has 0 aliphatic rings. The van der Waals surface area contributed by atoms with Crippen molar-refractivity contribution in [3.05, 3.63) is 83.1 Å². The van der Waals surface area contributed by atoms with Crippen LogP contribution in [0.5, 0.6) is 5.75 Å². The van der Waals surface area contributed by atoms with Crippen LogP contribution in [0.25, 0.3) is 0 Å². The van der Waals surface area contributed by atoms with Gasteiger partial charge in [-0.2, -0.15) is 0 Å². The van der Waals surface area contributed by atoms with Crippen molar-refractivity contribution in [1.82, 2.24) is 4.98 Å². The zero-order chi connectivity index (χ0) is 20.1. The van der Waals surface area contributed by atoms with Crippen LogP contribution >= 0.6 is 27.5 Å². The van der Waals surface area contributed by atoms with Crippen LogP contribution in [0.3, 0.4) is 0 Å². The minimum absolute atomic E-state index is 0.108. The van der Waals surface area contributed by atoms with Crippen molar-refractivity contribution in [1.29, 1.82) is 0 Å². The van der Waals surface area contributed by atoms with Gasteiger partial charge in [-0.1, -0.05) is 63.9 Å². The number of rotatable bonds is 5. The summed E-state index contributed by atoms with van der Waals surface area (Å²) < 4.78 is 0. The number of nitrogens with zero attached hydrogens (tertiary/aromatic N) is 1. The molecule has 2 amide bonds. The third-order valence-electron chi connectivity index (χ3n) is 3.81. The van der Waals surface area contributed by atoms with Crippen molar-refractivity contribution in [3.8, 4) is 5.75 Å². The second kappa shape index (κ2) is 8.86. The number of hydrogen-bond acceptors (Lipinski definition) is 4. The molecule has 0 saturated heterocycles. The van der Waals surface area contributed by atoms with Crippen LogP contribution in [0.1, 0.15) is 20.9 Å². The number of phenolic OH excluding ortho intramolecular Hbond substituents is 1. The van der Waals surface area contributed by atoms with E-state index in [0.717, 1.165) is 5.56 Å². The van der Waals surface area contributed by atoms with Crippen LogP contribution in [0.4, 0.5) is 11.4 Å². The third kappa shape index (κ3) is 4.68. The molecule has 1 aromatic heterocycles. The Morgan fingerprint density at radius 3 is 2.39 bits per heavy atom. The molecule has 3 rings (SSSR count). The molecule has 0 saturated carbocycles. The number of amides is 2. The topological polar surface area (TPSA) is 91.3 Å². The fraction of sp³-hybridized carbons (Fsp3) is 0.0500. The fourth-order valence-electron chi connectivity index (χ4n) is 2.41. The number of hydrogen-bond donors (Lipinski definition) is 3. The standard InChI is InChI=1S/C20H15BrClN3O3/c21-18(12-6-2-1-3-7-12)20(28)24-15-11-17(26)16(10-13(15)22)25-19(27)14-8-4-5-9-23-14/h1-11,18,26H,(H,24,28)(H,25,27). The molecule has 0 radical (unpaired) electrons. The Bertz CT molecular complexity index is 1000. The molecular weight excluding hydrogens is 446 g/mol. The lowest BCUT2D eigenvalue weighted by atomic mass is 10.1. The van der Waals surface area contributed by atoms with Crippen molar-refractivity contribution in [2.24, 2.45) is 0 Å². The number of pyridine rings is 1. The highest BCUT2D eigenvalue weighted by molar-refractivity contribution is 9.09. The molecule has 0 aliphatic carbocycles. The van der Waals surface area contributed by atoms with Crippen LogP contribution < -0.4 is 10.6 Å². The Morgan fingerprint density at radius 2 is 1.71 bits per heavy atom. The molecule has 0 bridgehead atoms. The molecule has 8 heteroatoms. The number of aromatic hydroxyl groups is 1. The number of carbonyl (C=O) groups excluding carboxylic acids is 2. The SMILES string of the molecule is O=C(Nc1cc(Cl)c(NC(=O)C(Br)c2ccccc2)cc1O)c1ccccn1. The van der Waals surface area contributed by atoms with Gasteiger partial charge in [-0.25, -0.2) is 0 Å². The molecule has 0 fully saturated rings. The van der Waals surface area contributed by atoms with Crippen molar-refractivity contribution in [3.63, 3.8) is 0 Å².